The minimum Gasteiger partial charge on any atom is -0.326 e. The SMILES string of the molecule is CCCCN(C)C1CCCC1N. The van der Waals surface area contributed by atoms with Gasteiger partial charge in [0.15, 0.2) is 0 Å². The van der Waals surface area contributed by atoms with E-state index in [1.807, 2.05) is 0 Å². The maximum atomic E-state index is 6.01. The molecule has 2 heteroatoms. The molecule has 0 aromatic heterocycles. The van der Waals surface area contributed by atoms with Gasteiger partial charge in [-0.15, -0.1) is 0 Å². The molecule has 2 atom stereocenters. The molecule has 1 aliphatic rings. The Bertz CT molecular complexity index is 125. The highest BCUT2D eigenvalue weighted by molar-refractivity contribution is 4.86. The number of nitrogens with zero attached hydrogens (tertiary/aromatic N) is 1. The summed E-state index contributed by atoms with van der Waals surface area (Å²) in [4.78, 5) is 2.45. The first-order valence-corrected chi connectivity index (χ1v) is 5.21. The van der Waals surface area contributed by atoms with Crippen molar-refractivity contribution in [2.45, 2.75) is 51.1 Å². The van der Waals surface area contributed by atoms with Crippen LogP contribution >= 0.6 is 0 Å². The van der Waals surface area contributed by atoms with Crippen LogP contribution in [0.15, 0.2) is 0 Å². The van der Waals surface area contributed by atoms with Crippen LogP contribution in [0.2, 0.25) is 0 Å². The monoisotopic (exact) mass is 170 g/mol. The fraction of sp³-hybridized carbons (Fsp3) is 1.00. The minimum absolute atomic E-state index is 0.437. The quantitative estimate of drug-likeness (QED) is 0.694. The van der Waals surface area contributed by atoms with Gasteiger partial charge >= 0.3 is 0 Å². The molecule has 0 aromatic rings. The van der Waals surface area contributed by atoms with Crippen LogP contribution in [0.25, 0.3) is 0 Å². The van der Waals surface area contributed by atoms with E-state index in [4.69, 9.17) is 5.73 Å². The first-order valence-electron chi connectivity index (χ1n) is 5.21. The van der Waals surface area contributed by atoms with E-state index in [1.54, 1.807) is 0 Å². The second-order valence-corrected chi connectivity index (χ2v) is 4.00. The first-order chi connectivity index (χ1) is 5.75. The van der Waals surface area contributed by atoms with Crippen LogP contribution in [0, 0.1) is 0 Å². The van der Waals surface area contributed by atoms with Gasteiger partial charge in [-0.2, -0.15) is 0 Å². The van der Waals surface area contributed by atoms with E-state index in [1.165, 1.54) is 38.6 Å². The molecule has 0 aliphatic heterocycles. The van der Waals surface area contributed by atoms with E-state index < -0.39 is 0 Å². The summed E-state index contributed by atoms with van der Waals surface area (Å²) in [5.74, 6) is 0. The summed E-state index contributed by atoms with van der Waals surface area (Å²) < 4.78 is 0. The molecule has 1 saturated carbocycles. The Morgan fingerprint density at radius 1 is 1.42 bits per heavy atom. The number of likely N-dealkylation sites (N-methyl/N-ethyl adjacent to an activating group) is 1. The zero-order chi connectivity index (χ0) is 8.97. The van der Waals surface area contributed by atoms with Crippen molar-refractivity contribution in [1.29, 1.82) is 0 Å². The molecule has 0 aromatic carbocycles. The molecule has 1 fully saturated rings. The minimum atomic E-state index is 0.437. The number of unbranched alkanes of at least 4 members (excludes halogenated alkanes) is 1. The molecule has 1 aliphatic carbocycles. The summed E-state index contributed by atoms with van der Waals surface area (Å²) in [5, 5.41) is 0. The van der Waals surface area contributed by atoms with Gasteiger partial charge in [0.05, 0.1) is 0 Å². The molecule has 2 N–H and O–H groups in total. The van der Waals surface area contributed by atoms with E-state index in [-0.39, 0.29) is 0 Å². The van der Waals surface area contributed by atoms with Gasteiger partial charge in [-0.1, -0.05) is 19.8 Å². The van der Waals surface area contributed by atoms with Crippen LogP contribution in [0.4, 0.5) is 0 Å². The fourth-order valence-corrected chi connectivity index (χ4v) is 2.09. The van der Waals surface area contributed by atoms with Crippen molar-refractivity contribution in [3.8, 4) is 0 Å². The molecule has 1 rings (SSSR count). The van der Waals surface area contributed by atoms with Crippen LogP contribution < -0.4 is 5.73 Å². The Balaban J connectivity index is 2.25. The molecule has 2 nitrogen and oxygen atoms in total. The van der Waals surface area contributed by atoms with Gasteiger partial charge in [-0.05, 0) is 32.9 Å². The molecule has 0 saturated heterocycles. The molecular formula is C10H22N2. The largest absolute Gasteiger partial charge is 0.326 e. The Morgan fingerprint density at radius 2 is 2.17 bits per heavy atom. The maximum absolute atomic E-state index is 6.01. The van der Waals surface area contributed by atoms with Gasteiger partial charge in [0, 0.05) is 12.1 Å². The van der Waals surface area contributed by atoms with Crippen molar-refractivity contribution >= 4 is 0 Å². The van der Waals surface area contributed by atoms with Gasteiger partial charge in [-0.3, -0.25) is 0 Å². The number of nitrogens with two attached hydrogens (primary N) is 1. The number of hydrogen-bond donors (Lipinski definition) is 1. The van der Waals surface area contributed by atoms with Crippen molar-refractivity contribution in [2.75, 3.05) is 13.6 Å². The van der Waals surface area contributed by atoms with Crippen LogP contribution in [0.5, 0.6) is 0 Å². The van der Waals surface area contributed by atoms with Crippen LogP contribution in [-0.2, 0) is 0 Å². The van der Waals surface area contributed by atoms with Crippen molar-refractivity contribution in [3.05, 3.63) is 0 Å². The summed E-state index contributed by atoms with van der Waals surface area (Å²) in [6, 6.07) is 1.10. The third-order valence-corrected chi connectivity index (χ3v) is 2.96. The topological polar surface area (TPSA) is 29.3 Å². The normalized spacial score (nSPS) is 30.0. The summed E-state index contributed by atoms with van der Waals surface area (Å²) >= 11 is 0. The smallest absolute Gasteiger partial charge is 0.0244 e. The highest BCUT2D eigenvalue weighted by atomic mass is 15.1. The molecule has 0 heterocycles. The van der Waals surface area contributed by atoms with Crippen LogP contribution in [0.3, 0.4) is 0 Å². The summed E-state index contributed by atoms with van der Waals surface area (Å²) in [7, 11) is 2.21. The molecule has 0 spiro atoms. The summed E-state index contributed by atoms with van der Waals surface area (Å²) in [5.41, 5.74) is 6.01. The highest BCUT2D eigenvalue weighted by Gasteiger charge is 2.26. The lowest BCUT2D eigenvalue weighted by Gasteiger charge is -2.27. The lowest BCUT2D eigenvalue weighted by Crippen LogP contribution is -2.42. The van der Waals surface area contributed by atoms with Gasteiger partial charge in [0.1, 0.15) is 0 Å². The van der Waals surface area contributed by atoms with E-state index in [0.29, 0.717) is 12.1 Å². The maximum Gasteiger partial charge on any atom is 0.0244 e. The van der Waals surface area contributed by atoms with Gasteiger partial charge < -0.3 is 10.6 Å². The number of hydrogen-bond acceptors (Lipinski definition) is 2. The van der Waals surface area contributed by atoms with Gasteiger partial charge in [-0.25, -0.2) is 0 Å². The predicted octanol–water partition coefficient (Wildman–Crippen LogP) is 1.60. The van der Waals surface area contributed by atoms with Crippen molar-refractivity contribution in [2.24, 2.45) is 5.73 Å². The molecular weight excluding hydrogens is 148 g/mol. The Labute approximate surface area is 76.1 Å². The van der Waals surface area contributed by atoms with Crippen LogP contribution in [-0.4, -0.2) is 30.6 Å². The van der Waals surface area contributed by atoms with Crippen molar-refractivity contribution in [3.63, 3.8) is 0 Å². The molecule has 72 valence electrons. The standard InChI is InChI=1S/C10H22N2/c1-3-4-8-12(2)10-7-5-6-9(10)11/h9-10H,3-8,11H2,1-2H3. The first kappa shape index (κ1) is 10.0. The Morgan fingerprint density at radius 3 is 2.67 bits per heavy atom. The van der Waals surface area contributed by atoms with E-state index >= 15 is 0 Å². The summed E-state index contributed by atoms with van der Waals surface area (Å²) in [6.07, 6.45) is 6.44. The van der Waals surface area contributed by atoms with Crippen LogP contribution in [0.1, 0.15) is 39.0 Å². The zero-order valence-corrected chi connectivity index (χ0v) is 8.42. The average molecular weight is 170 g/mol. The van der Waals surface area contributed by atoms with E-state index in [9.17, 15) is 0 Å². The zero-order valence-electron chi connectivity index (χ0n) is 8.42. The molecule has 0 amide bonds. The molecule has 0 radical (unpaired) electrons. The van der Waals surface area contributed by atoms with E-state index in [2.05, 4.69) is 18.9 Å². The fourth-order valence-electron chi connectivity index (χ4n) is 2.09. The molecule has 12 heavy (non-hydrogen) atoms. The summed E-state index contributed by atoms with van der Waals surface area (Å²) in [6.45, 7) is 3.46. The molecule has 2 unspecified atom stereocenters. The average Bonchev–Trinajstić information content (AvgIpc) is 2.47. The third-order valence-electron chi connectivity index (χ3n) is 2.96. The van der Waals surface area contributed by atoms with Gasteiger partial charge in [0.25, 0.3) is 0 Å². The molecule has 0 bridgehead atoms. The van der Waals surface area contributed by atoms with Crippen molar-refractivity contribution in [1.82, 2.24) is 4.90 Å². The Hall–Kier alpha value is -0.0800. The second kappa shape index (κ2) is 4.83. The van der Waals surface area contributed by atoms with Crippen molar-refractivity contribution < 1.29 is 0 Å². The second-order valence-electron chi connectivity index (χ2n) is 4.00. The third kappa shape index (κ3) is 2.46. The van der Waals surface area contributed by atoms with E-state index in [0.717, 1.165) is 0 Å². The highest BCUT2D eigenvalue weighted by Crippen LogP contribution is 2.21. The number of rotatable bonds is 4. The van der Waals surface area contributed by atoms with Gasteiger partial charge in [0.2, 0.25) is 0 Å². The Kier molecular flexibility index (Phi) is 4.02. The predicted molar refractivity (Wildman–Crippen MR) is 53.2 cm³/mol. The lowest BCUT2D eigenvalue weighted by atomic mass is 10.1. The lowest BCUT2D eigenvalue weighted by molar-refractivity contribution is 0.225.